The molecule has 7 nitrogen and oxygen atoms in total. The number of amides is 2. The third-order valence-corrected chi connectivity index (χ3v) is 5.42. The van der Waals surface area contributed by atoms with Gasteiger partial charge in [0.05, 0.1) is 16.3 Å². The van der Waals surface area contributed by atoms with Gasteiger partial charge >= 0.3 is 0 Å². The third kappa shape index (κ3) is 4.97. The Bertz CT molecular complexity index is 917. The van der Waals surface area contributed by atoms with Crippen molar-refractivity contribution in [1.82, 2.24) is 0 Å². The number of hydrogen-bond acceptors (Lipinski definition) is 4. The monoisotopic (exact) mass is 429 g/mol. The number of alkyl halides is 1. The average Bonchev–Trinajstić information content (AvgIpc) is 2.90. The van der Waals surface area contributed by atoms with E-state index >= 15 is 0 Å². The van der Waals surface area contributed by atoms with Gasteiger partial charge in [-0.3, -0.25) is 19.7 Å². The van der Waals surface area contributed by atoms with Gasteiger partial charge in [-0.15, -0.1) is 11.6 Å². The van der Waals surface area contributed by atoms with Crippen LogP contribution in [0.3, 0.4) is 0 Å². The molecule has 0 aromatic heterocycles. The number of carbonyl (C=O) groups is 2. The minimum atomic E-state index is -0.501. The standard InChI is InChI=1S/C22H24ClN3O4/c23-14-5-1-2-6-15-24-19-7-3-4-8-20(19)25(16-13-21(24)27)22(28)17-9-11-18(12-10-17)26(29)30/h3-4,7-12H,1-2,5-6,13-16H2. The Balaban J connectivity index is 1.83. The number of hydrogen-bond donors (Lipinski definition) is 0. The summed E-state index contributed by atoms with van der Waals surface area (Å²) in [6, 6.07) is 12.9. The van der Waals surface area contributed by atoms with E-state index in [1.54, 1.807) is 9.80 Å². The first-order valence-electron chi connectivity index (χ1n) is 10.0. The van der Waals surface area contributed by atoms with E-state index in [4.69, 9.17) is 11.6 Å². The average molecular weight is 430 g/mol. The summed E-state index contributed by atoms with van der Waals surface area (Å²) in [7, 11) is 0. The number of non-ortho nitro benzene ring substituents is 1. The largest absolute Gasteiger partial charge is 0.310 e. The van der Waals surface area contributed by atoms with Crippen LogP contribution in [0.15, 0.2) is 48.5 Å². The number of carbonyl (C=O) groups excluding carboxylic acids is 2. The van der Waals surface area contributed by atoms with Crippen LogP contribution in [0.4, 0.5) is 17.1 Å². The Morgan fingerprint density at radius 3 is 2.33 bits per heavy atom. The van der Waals surface area contributed by atoms with Crippen LogP contribution in [0, 0.1) is 10.1 Å². The molecule has 0 saturated carbocycles. The molecule has 0 N–H and O–H groups in total. The number of halogens is 1. The highest BCUT2D eigenvalue weighted by atomic mass is 35.5. The molecule has 0 spiro atoms. The molecule has 0 radical (unpaired) electrons. The topological polar surface area (TPSA) is 83.8 Å². The third-order valence-electron chi connectivity index (χ3n) is 5.15. The Kier molecular flexibility index (Phi) is 7.41. The van der Waals surface area contributed by atoms with E-state index in [9.17, 15) is 19.7 Å². The van der Waals surface area contributed by atoms with E-state index < -0.39 is 4.92 Å². The van der Waals surface area contributed by atoms with Crippen molar-refractivity contribution in [1.29, 1.82) is 0 Å². The Morgan fingerprint density at radius 2 is 1.67 bits per heavy atom. The summed E-state index contributed by atoms with van der Waals surface area (Å²) in [6.07, 6.45) is 4.06. The zero-order chi connectivity index (χ0) is 21.5. The van der Waals surface area contributed by atoms with E-state index in [2.05, 4.69) is 0 Å². The summed E-state index contributed by atoms with van der Waals surface area (Å²) in [5.74, 6) is 0.346. The molecule has 8 heteroatoms. The van der Waals surface area contributed by atoms with Gasteiger partial charge in [0.25, 0.3) is 11.6 Å². The van der Waals surface area contributed by atoms with Crippen molar-refractivity contribution in [3.8, 4) is 0 Å². The molecule has 0 aliphatic carbocycles. The van der Waals surface area contributed by atoms with Gasteiger partial charge < -0.3 is 9.80 Å². The number of nitrogens with zero attached hydrogens (tertiary/aromatic N) is 3. The van der Waals surface area contributed by atoms with Crippen molar-refractivity contribution in [3.05, 3.63) is 64.2 Å². The minimum Gasteiger partial charge on any atom is -0.310 e. The van der Waals surface area contributed by atoms with E-state index in [-0.39, 0.29) is 30.5 Å². The SMILES string of the molecule is O=C1CCN(C(=O)c2ccc([N+](=O)[O-])cc2)c2ccccc2N1CCCCCCCl. The zero-order valence-corrected chi connectivity index (χ0v) is 17.4. The number of unbranched alkanes of at least 4 members (excludes halogenated alkanes) is 3. The van der Waals surface area contributed by atoms with Crippen LogP contribution in [0.5, 0.6) is 0 Å². The summed E-state index contributed by atoms with van der Waals surface area (Å²) in [5, 5.41) is 10.9. The van der Waals surface area contributed by atoms with Crippen LogP contribution in [-0.4, -0.2) is 35.7 Å². The maximum atomic E-state index is 13.2. The van der Waals surface area contributed by atoms with Gasteiger partial charge in [-0.05, 0) is 37.1 Å². The zero-order valence-electron chi connectivity index (χ0n) is 16.6. The first kappa shape index (κ1) is 21.8. The second kappa shape index (κ2) is 10.2. The van der Waals surface area contributed by atoms with Crippen molar-refractivity contribution in [2.75, 3.05) is 28.8 Å². The van der Waals surface area contributed by atoms with Crippen LogP contribution < -0.4 is 9.80 Å². The summed E-state index contributed by atoms with van der Waals surface area (Å²) in [4.78, 5) is 39.7. The van der Waals surface area contributed by atoms with Gasteiger partial charge in [-0.2, -0.15) is 0 Å². The van der Waals surface area contributed by atoms with E-state index in [1.165, 1.54) is 24.3 Å². The van der Waals surface area contributed by atoms with Crippen molar-refractivity contribution >= 4 is 40.5 Å². The maximum Gasteiger partial charge on any atom is 0.269 e. The predicted molar refractivity (Wildman–Crippen MR) is 117 cm³/mol. The van der Waals surface area contributed by atoms with Crippen LogP contribution in [0.1, 0.15) is 42.5 Å². The first-order valence-corrected chi connectivity index (χ1v) is 10.6. The molecule has 0 fully saturated rings. The van der Waals surface area contributed by atoms with Crippen molar-refractivity contribution in [2.24, 2.45) is 0 Å². The lowest BCUT2D eigenvalue weighted by molar-refractivity contribution is -0.384. The number of anilines is 2. The number of nitro groups is 1. The van der Waals surface area contributed by atoms with Crippen molar-refractivity contribution in [3.63, 3.8) is 0 Å². The van der Waals surface area contributed by atoms with E-state index in [0.29, 0.717) is 29.4 Å². The molecule has 1 aliphatic heterocycles. The van der Waals surface area contributed by atoms with Gasteiger partial charge in [0, 0.05) is 43.1 Å². The quantitative estimate of drug-likeness (QED) is 0.261. The summed E-state index contributed by atoms with van der Waals surface area (Å²) in [5.41, 5.74) is 1.66. The molecule has 3 rings (SSSR count). The lowest BCUT2D eigenvalue weighted by Gasteiger charge is -2.25. The molecule has 0 bridgehead atoms. The Hall–Kier alpha value is -2.93. The highest BCUT2D eigenvalue weighted by Gasteiger charge is 2.29. The minimum absolute atomic E-state index is 0.0150. The summed E-state index contributed by atoms with van der Waals surface area (Å²) >= 11 is 5.73. The van der Waals surface area contributed by atoms with Crippen LogP contribution in [0.25, 0.3) is 0 Å². The molecule has 1 heterocycles. The highest BCUT2D eigenvalue weighted by molar-refractivity contribution is 6.17. The molecule has 0 unspecified atom stereocenters. The highest BCUT2D eigenvalue weighted by Crippen LogP contribution is 2.34. The smallest absolute Gasteiger partial charge is 0.269 e. The molecule has 30 heavy (non-hydrogen) atoms. The molecular formula is C22H24ClN3O4. The number of fused-ring (bicyclic) bond motifs is 1. The number of para-hydroxylation sites is 2. The lowest BCUT2D eigenvalue weighted by Crippen LogP contribution is -2.32. The summed E-state index contributed by atoms with van der Waals surface area (Å²) < 4.78 is 0. The normalized spacial score (nSPS) is 13.7. The van der Waals surface area contributed by atoms with Crippen LogP contribution in [-0.2, 0) is 4.79 Å². The van der Waals surface area contributed by atoms with Crippen molar-refractivity contribution in [2.45, 2.75) is 32.1 Å². The lowest BCUT2D eigenvalue weighted by atomic mass is 10.1. The van der Waals surface area contributed by atoms with Gasteiger partial charge in [0.2, 0.25) is 5.91 Å². The van der Waals surface area contributed by atoms with E-state index in [0.717, 1.165) is 25.7 Å². The molecule has 0 atom stereocenters. The maximum absolute atomic E-state index is 13.2. The van der Waals surface area contributed by atoms with Gasteiger partial charge in [0.15, 0.2) is 0 Å². The summed E-state index contributed by atoms with van der Waals surface area (Å²) in [6.45, 7) is 0.853. The molecule has 2 aromatic rings. The van der Waals surface area contributed by atoms with Crippen LogP contribution >= 0.6 is 11.6 Å². The fourth-order valence-corrected chi connectivity index (χ4v) is 3.76. The molecular weight excluding hydrogens is 406 g/mol. The number of benzene rings is 2. The Morgan fingerprint density at radius 1 is 1.00 bits per heavy atom. The predicted octanol–water partition coefficient (Wildman–Crippen LogP) is 4.78. The first-order chi connectivity index (χ1) is 14.5. The van der Waals surface area contributed by atoms with Crippen molar-refractivity contribution < 1.29 is 14.5 Å². The van der Waals surface area contributed by atoms with Gasteiger partial charge in [0.1, 0.15) is 0 Å². The van der Waals surface area contributed by atoms with Gasteiger partial charge in [-0.1, -0.05) is 25.0 Å². The fraction of sp³-hybridized carbons (Fsp3) is 0.364. The molecule has 1 aliphatic rings. The molecule has 2 aromatic carbocycles. The van der Waals surface area contributed by atoms with Crippen LogP contribution in [0.2, 0.25) is 0 Å². The molecule has 158 valence electrons. The fourth-order valence-electron chi connectivity index (χ4n) is 3.57. The number of rotatable bonds is 8. The van der Waals surface area contributed by atoms with Gasteiger partial charge in [-0.25, -0.2) is 0 Å². The molecule has 2 amide bonds. The van der Waals surface area contributed by atoms with E-state index in [1.807, 2.05) is 24.3 Å². The Labute approximate surface area is 180 Å². The second-order valence-corrected chi connectivity index (χ2v) is 7.53. The number of nitro benzene ring substituents is 1. The second-order valence-electron chi connectivity index (χ2n) is 7.15. The molecule has 0 saturated heterocycles.